The highest BCUT2D eigenvalue weighted by atomic mass is 19.4. The Hall–Kier alpha value is -4.08. The third-order valence-electron chi connectivity index (χ3n) is 5.04. The van der Waals surface area contributed by atoms with Crippen molar-refractivity contribution in [1.82, 2.24) is 9.55 Å². The van der Waals surface area contributed by atoms with Gasteiger partial charge in [-0.15, -0.1) is 0 Å². The molecule has 1 aromatic heterocycles. The molecule has 0 unspecified atom stereocenters. The van der Waals surface area contributed by atoms with Crippen LogP contribution in [-0.4, -0.2) is 27.7 Å². The van der Waals surface area contributed by atoms with Gasteiger partial charge in [0.1, 0.15) is 11.6 Å². The number of methoxy groups -OCH3 is 1. The van der Waals surface area contributed by atoms with Gasteiger partial charge in [-0.2, -0.15) is 13.2 Å². The minimum absolute atomic E-state index is 0.0233. The number of aromatic carboxylic acids is 1. The fourth-order valence-electron chi connectivity index (χ4n) is 3.46. The molecule has 170 valence electrons. The minimum atomic E-state index is -4.68. The molecule has 1 heterocycles. The molecule has 0 saturated heterocycles. The summed E-state index contributed by atoms with van der Waals surface area (Å²) in [6, 6.07) is 13.1. The van der Waals surface area contributed by atoms with E-state index in [1.165, 1.54) is 29.9 Å². The number of halogens is 4. The van der Waals surface area contributed by atoms with E-state index < -0.39 is 23.5 Å². The quantitative estimate of drug-likeness (QED) is 0.362. The van der Waals surface area contributed by atoms with Crippen molar-refractivity contribution >= 4 is 28.6 Å². The standard InChI is InChI=1S/C23H17F4N3O3/c1-33-17-6-4-16(5-7-17)28-22-29-19-11-13(21(31)32)2-9-20(19)30(22)12-14-10-15(24)3-8-18(14)23(25,26)27/h2-11H,12H2,1H3,(H,28,29)(H,31,32). The number of hydrogen-bond donors (Lipinski definition) is 2. The summed E-state index contributed by atoms with van der Waals surface area (Å²) in [5.41, 5.74) is -0.0690. The Kier molecular flexibility index (Phi) is 5.67. The number of imidazole rings is 1. The number of carbonyl (C=O) groups is 1. The zero-order valence-corrected chi connectivity index (χ0v) is 17.2. The molecule has 0 fully saturated rings. The molecule has 4 rings (SSSR count). The summed E-state index contributed by atoms with van der Waals surface area (Å²) >= 11 is 0. The second kappa shape index (κ2) is 8.45. The maximum atomic E-state index is 13.9. The average molecular weight is 459 g/mol. The number of alkyl halides is 3. The van der Waals surface area contributed by atoms with E-state index in [1.54, 1.807) is 24.3 Å². The Morgan fingerprint density at radius 2 is 1.82 bits per heavy atom. The van der Waals surface area contributed by atoms with E-state index in [9.17, 15) is 27.5 Å². The molecule has 33 heavy (non-hydrogen) atoms. The summed E-state index contributed by atoms with van der Waals surface area (Å²) in [6.07, 6.45) is -4.68. The topological polar surface area (TPSA) is 76.4 Å². The molecule has 0 radical (unpaired) electrons. The zero-order chi connectivity index (χ0) is 23.8. The first-order chi connectivity index (χ1) is 15.7. The predicted molar refractivity (Wildman–Crippen MR) is 113 cm³/mol. The summed E-state index contributed by atoms with van der Waals surface area (Å²) in [5, 5.41) is 12.3. The molecule has 0 atom stereocenters. The number of anilines is 2. The number of ether oxygens (including phenoxy) is 1. The van der Waals surface area contributed by atoms with Crippen LogP contribution in [0.1, 0.15) is 21.5 Å². The highest BCUT2D eigenvalue weighted by molar-refractivity contribution is 5.93. The number of hydrogen-bond acceptors (Lipinski definition) is 4. The van der Waals surface area contributed by atoms with Crippen molar-refractivity contribution in [3.63, 3.8) is 0 Å². The molecule has 3 aromatic carbocycles. The first kappa shape index (κ1) is 22.1. The van der Waals surface area contributed by atoms with Crippen LogP contribution in [0.25, 0.3) is 11.0 Å². The lowest BCUT2D eigenvalue weighted by Crippen LogP contribution is -2.13. The van der Waals surface area contributed by atoms with E-state index in [0.717, 1.165) is 12.1 Å². The molecular weight excluding hydrogens is 442 g/mol. The number of nitrogens with zero attached hydrogens (tertiary/aromatic N) is 2. The van der Waals surface area contributed by atoms with Crippen LogP contribution >= 0.6 is 0 Å². The van der Waals surface area contributed by atoms with Crippen molar-refractivity contribution in [2.75, 3.05) is 12.4 Å². The lowest BCUT2D eigenvalue weighted by Gasteiger charge is -2.16. The van der Waals surface area contributed by atoms with Gasteiger partial charge in [-0.05, 0) is 66.2 Å². The third kappa shape index (κ3) is 4.59. The fraction of sp³-hybridized carbons (Fsp3) is 0.130. The van der Waals surface area contributed by atoms with Crippen molar-refractivity contribution in [2.45, 2.75) is 12.7 Å². The Morgan fingerprint density at radius 1 is 1.09 bits per heavy atom. The van der Waals surface area contributed by atoms with Crippen molar-refractivity contribution in [2.24, 2.45) is 0 Å². The van der Waals surface area contributed by atoms with E-state index in [2.05, 4.69) is 10.3 Å². The highest BCUT2D eigenvalue weighted by Gasteiger charge is 2.33. The molecule has 0 saturated carbocycles. The second-order valence-corrected chi connectivity index (χ2v) is 7.18. The maximum Gasteiger partial charge on any atom is 0.416 e. The monoisotopic (exact) mass is 459 g/mol. The number of fused-ring (bicyclic) bond motifs is 1. The Balaban J connectivity index is 1.84. The molecule has 6 nitrogen and oxygen atoms in total. The van der Waals surface area contributed by atoms with Crippen LogP contribution in [-0.2, 0) is 12.7 Å². The number of benzene rings is 3. The third-order valence-corrected chi connectivity index (χ3v) is 5.04. The van der Waals surface area contributed by atoms with Crippen molar-refractivity contribution in [3.8, 4) is 5.75 Å². The molecule has 0 aliphatic rings. The van der Waals surface area contributed by atoms with E-state index in [4.69, 9.17) is 4.74 Å². The van der Waals surface area contributed by atoms with E-state index in [1.807, 2.05) is 0 Å². The second-order valence-electron chi connectivity index (χ2n) is 7.18. The van der Waals surface area contributed by atoms with Crippen LogP contribution in [0, 0.1) is 5.82 Å². The Labute approximate surface area is 185 Å². The summed E-state index contributed by atoms with van der Waals surface area (Å²) in [5.74, 6) is -1.20. The van der Waals surface area contributed by atoms with Crippen LogP contribution in [0.2, 0.25) is 0 Å². The molecule has 0 aliphatic heterocycles. The lowest BCUT2D eigenvalue weighted by atomic mass is 10.1. The van der Waals surface area contributed by atoms with Crippen LogP contribution in [0.3, 0.4) is 0 Å². The molecule has 0 bridgehead atoms. The normalized spacial score (nSPS) is 11.5. The van der Waals surface area contributed by atoms with Gasteiger partial charge in [0.15, 0.2) is 0 Å². The molecule has 0 aliphatic carbocycles. The maximum absolute atomic E-state index is 13.9. The van der Waals surface area contributed by atoms with Gasteiger partial charge in [0, 0.05) is 5.69 Å². The Bertz CT molecular complexity index is 1330. The highest BCUT2D eigenvalue weighted by Crippen LogP contribution is 2.34. The Morgan fingerprint density at radius 3 is 2.45 bits per heavy atom. The van der Waals surface area contributed by atoms with Crippen LogP contribution < -0.4 is 10.1 Å². The molecule has 0 amide bonds. The average Bonchev–Trinajstić information content (AvgIpc) is 3.09. The summed E-state index contributed by atoms with van der Waals surface area (Å²) in [7, 11) is 1.51. The van der Waals surface area contributed by atoms with Gasteiger partial charge in [0.05, 0.1) is 35.8 Å². The number of nitrogens with one attached hydrogen (secondary N) is 1. The molecule has 0 spiro atoms. The summed E-state index contributed by atoms with van der Waals surface area (Å²) in [6.45, 7) is -0.353. The molecule has 10 heteroatoms. The molecule has 4 aromatic rings. The first-order valence-corrected chi connectivity index (χ1v) is 9.66. The SMILES string of the molecule is COc1ccc(Nc2nc3cc(C(=O)O)ccc3n2Cc2cc(F)ccc2C(F)(F)F)cc1. The zero-order valence-electron chi connectivity index (χ0n) is 17.2. The molecular formula is C23H17F4N3O3. The van der Waals surface area contributed by atoms with Gasteiger partial charge in [0.25, 0.3) is 0 Å². The van der Waals surface area contributed by atoms with E-state index >= 15 is 0 Å². The van der Waals surface area contributed by atoms with Gasteiger partial charge in [-0.3, -0.25) is 0 Å². The smallest absolute Gasteiger partial charge is 0.416 e. The van der Waals surface area contributed by atoms with Gasteiger partial charge >= 0.3 is 12.1 Å². The number of carboxylic acid groups (broad SMARTS) is 1. The van der Waals surface area contributed by atoms with Crippen LogP contribution in [0.5, 0.6) is 5.75 Å². The number of aromatic nitrogens is 2. The van der Waals surface area contributed by atoms with E-state index in [0.29, 0.717) is 23.0 Å². The summed E-state index contributed by atoms with van der Waals surface area (Å²) in [4.78, 5) is 15.7. The predicted octanol–water partition coefficient (Wildman–Crippen LogP) is 5.69. The van der Waals surface area contributed by atoms with Gasteiger partial charge in [-0.25, -0.2) is 14.2 Å². The van der Waals surface area contributed by atoms with Crippen LogP contribution in [0.15, 0.2) is 60.7 Å². The largest absolute Gasteiger partial charge is 0.497 e. The van der Waals surface area contributed by atoms with Gasteiger partial charge in [-0.1, -0.05) is 0 Å². The molecule has 2 N–H and O–H groups in total. The van der Waals surface area contributed by atoms with Crippen LogP contribution in [0.4, 0.5) is 29.2 Å². The number of rotatable bonds is 6. The van der Waals surface area contributed by atoms with E-state index in [-0.39, 0.29) is 29.1 Å². The van der Waals surface area contributed by atoms with Crippen molar-refractivity contribution in [3.05, 3.63) is 83.2 Å². The first-order valence-electron chi connectivity index (χ1n) is 9.66. The lowest BCUT2D eigenvalue weighted by molar-refractivity contribution is -0.138. The van der Waals surface area contributed by atoms with Gasteiger partial charge < -0.3 is 19.7 Å². The van der Waals surface area contributed by atoms with Crippen molar-refractivity contribution in [1.29, 1.82) is 0 Å². The fourth-order valence-corrected chi connectivity index (χ4v) is 3.46. The summed E-state index contributed by atoms with van der Waals surface area (Å²) < 4.78 is 61.0. The minimum Gasteiger partial charge on any atom is -0.497 e. The number of carboxylic acids is 1. The van der Waals surface area contributed by atoms with Crippen molar-refractivity contribution < 1.29 is 32.2 Å². The van der Waals surface area contributed by atoms with Gasteiger partial charge in [0.2, 0.25) is 5.95 Å².